The summed E-state index contributed by atoms with van der Waals surface area (Å²) < 4.78 is 0. The summed E-state index contributed by atoms with van der Waals surface area (Å²) in [4.78, 5) is 0. The second-order valence-corrected chi connectivity index (χ2v) is 7.98. The molecule has 0 heterocycles. The van der Waals surface area contributed by atoms with Crippen LogP contribution in [0.1, 0.15) is 71.6 Å². The Kier molecular flexibility index (Phi) is 6.35. The molecule has 2 saturated carbocycles. The lowest BCUT2D eigenvalue weighted by Gasteiger charge is -2.34. The molecule has 2 aliphatic carbocycles. The van der Waals surface area contributed by atoms with Crippen molar-refractivity contribution in [2.75, 3.05) is 19.6 Å². The van der Waals surface area contributed by atoms with E-state index in [1.165, 1.54) is 70.9 Å². The van der Waals surface area contributed by atoms with Crippen LogP contribution in [0.4, 0.5) is 0 Å². The first-order valence-corrected chi connectivity index (χ1v) is 9.06. The highest BCUT2D eigenvalue weighted by Crippen LogP contribution is 2.42. The monoisotopic (exact) mass is 280 g/mol. The predicted octanol–water partition coefficient (Wildman–Crippen LogP) is 3.95. The molecule has 0 saturated heterocycles. The Balaban J connectivity index is 1.77. The summed E-state index contributed by atoms with van der Waals surface area (Å²) in [5.41, 5.74) is 6.56. The van der Waals surface area contributed by atoms with Gasteiger partial charge in [0.15, 0.2) is 0 Å². The van der Waals surface area contributed by atoms with Gasteiger partial charge in [0.2, 0.25) is 0 Å². The van der Waals surface area contributed by atoms with Gasteiger partial charge in [-0.05, 0) is 68.4 Å². The summed E-state index contributed by atoms with van der Waals surface area (Å²) in [6.45, 7) is 8.11. The largest absolute Gasteiger partial charge is 0.330 e. The summed E-state index contributed by atoms with van der Waals surface area (Å²) >= 11 is 0. The van der Waals surface area contributed by atoms with Crippen LogP contribution in [0.15, 0.2) is 0 Å². The molecule has 0 spiro atoms. The normalized spacial score (nSPS) is 30.0. The van der Waals surface area contributed by atoms with Crippen molar-refractivity contribution in [3.8, 4) is 0 Å². The Morgan fingerprint density at radius 1 is 1.05 bits per heavy atom. The Labute approximate surface area is 126 Å². The van der Waals surface area contributed by atoms with Gasteiger partial charge in [0.1, 0.15) is 0 Å². The topological polar surface area (TPSA) is 38.0 Å². The molecule has 2 fully saturated rings. The molecule has 2 unspecified atom stereocenters. The molecule has 2 heteroatoms. The zero-order valence-corrected chi connectivity index (χ0v) is 13.8. The fraction of sp³-hybridized carbons (Fsp3) is 1.00. The molecule has 2 aliphatic rings. The van der Waals surface area contributed by atoms with Crippen molar-refractivity contribution in [1.82, 2.24) is 5.32 Å². The maximum atomic E-state index is 5.95. The van der Waals surface area contributed by atoms with Gasteiger partial charge in [-0.2, -0.15) is 0 Å². The number of hydrogen-bond acceptors (Lipinski definition) is 2. The van der Waals surface area contributed by atoms with E-state index in [2.05, 4.69) is 19.2 Å². The van der Waals surface area contributed by atoms with Gasteiger partial charge < -0.3 is 11.1 Å². The number of nitrogens with one attached hydrogen (secondary N) is 1. The average Bonchev–Trinajstić information content (AvgIpc) is 2.87. The van der Waals surface area contributed by atoms with Crippen LogP contribution in [0.3, 0.4) is 0 Å². The molecule has 0 aliphatic heterocycles. The average molecular weight is 280 g/mol. The summed E-state index contributed by atoms with van der Waals surface area (Å²) in [5, 5.41) is 3.85. The molecular formula is C18H36N2. The lowest BCUT2D eigenvalue weighted by atomic mass is 9.77. The molecule has 0 aromatic carbocycles. The van der Waals surface area contributed by atoms with Gasteiger partial charge in [-0.15, -0.1) is 0 Å². The Morgan fingerprint density at radius 3 is 2.30 bits per heavy atom. The van der Waals surface area contributed by atoms with Gasteiger partial charge in [-0.3, -0.25) is 0 Å². The minimum atomic E-state index is 0.612. The Morgan fingerprint density at radius 2 is 1.70 bits per heavy atom. The number of hydrogen-bond donors (Lipinski definition) is 2. The Bertz CT molecular complexity index is 269. The lowest BCUT2D eigenvalue weighted by molar-refractivity contribution is 0.195. The zero-order chi connectivity index (χ0) is 14.4. The highest BCUT2D eigenvalue weighted by atomic mass is 14.9. The van der Waals surface area contributed by atoms with Crippen LogP contribution in [0, 0.1) is 23.2 Å². The summed E-state index contributed by atoms with van der Waals surface area (Å²) in [6.07, 6.45) is 12.8. The first-order chi connectivity index (χ1) is 9.65. The molecule has 0 amide bonds. The van der Waals surface area contributed by atoms with Crippen molar-refractivity contribution in [2.45, 2.75) is 71.6 Å². The van der Waals surface area contributed by atoms with E-state index in [4.69, 9.17) is 5.73 Å². The maximum absolute atomic E-state index is 5.95. The zero-order valence-electron chi connectivity index (χ0n) is 13.8. The summed E-state index contributed by atoms with van der Waals surface area (Å²) in [5.74, 6) is 2.45. The van der Waals surface area contributed by atoms with E-state index in [-0.39, 0.29) is 0 Å². The van der Waals surface area contributed by atoms with Crippen molar-refractivity contribution in [2.24, 2.45) is 28.9 Å². The van der Waals surface area contributed by atoms with Crippen LogP contribution >= 0.6 is 0 Å². The van der Waals surface area contributed by atoms with E-state index < -0.39 is 0 Å². The summed E-state index contributed by atoms with van der Waals surface area (Å²) in [7, 11) is 0. The quantitative estimate of drug-likeness (QED) is 0.741. The molecule has 3 N–H and O–H groups in total. The van der Waals surface area contributed by atoms with Crippen molar-refractivity contribution in [3.63, 3.8) is 0 Å². The van der Waals surface area contributed by atoms with Crippen LogP contribution in [0.2, 0.25) is 0 Å². The molecule has 20 heavy (non-hydrogen) atoms. The lowest BCUT2D eigenvalue weighted by Crippen LogP contribution is -2.39. The molecule has 0 aromatic heterocycles. The second kappa shape index (κ2) is 7.79. The predicted molar refractivity (Wildman–Crippen MR) is 87.7 cm³/mol. The molecule has 2 rings (SSSR count). The van der Waals surface area contributed by atoms with Crippen LogP contribution in [0.5, 0.6) is 0 Å². The van der Waals surface area contributed by atoms with Crippen molar-refractivity contribution in [3.05, 3.63) is 0 Å². The van der Waals surface area contributed by atoms with Gasteiger partial charge in [-0.25, -0.2) is 0 Å². The highest BCUT2D eigenvalue weighted by molar-refractivity contribution is 4.88. The number of rotatable bonds is 7. The van der Waals surface area contributed by atoms with Gasteiger partial charge in [0.25, 0.3) is 0 Å². The molecule has 2 nitrogen and oxygen atoms in total. The standard InChI is InChI=1S/C18H36N2/c1-15(2)11-18(9-5-6-10-18)14-20-13-17-8-4-3-7-16(17)12-19/h15-17,20H,3-14,19H2,1-2H3. The van der Waals surface area contributed by atoms with Gasteiger partial charge in [-0.1, -0.05) is 39.5 Å². The van der Waals surface area contributed by atoms with Crippen LogP contribution < -0.4 is 11.1 Å². The van der Waals surface area contributed by atoms with Crippen LogP contribution in [0.25, 0.3) is 0 Å². The molecule has 118 valence electrons. The fourth-order valence-corrected chi connectivity index (χ4v) is 4.83. The molecular weight excluding hydrogens is 244 g/mol. The summed E-state index contributed by atoms with van der Waals surface area (Å²) in [6, 6.07) is 0. The second-order valence-electron chi connectivity index (χ2n) is 7.98. The van der Waals surface area contributed by atoms with E-state index in [0.717, 1.165) is 24.3 Å². The SMILES string of the molecule is CC(C)CC1(CNCC2CCCCC2CN)CCCC1. The van der Waals surface area contributed by atoms with Crippen molar-refractivity contribution >= 4 is 0 Å². The minimum Gasteiger partial charge on any atom is -0.330 e. The van der Waals surface area contributed by atoms with Crippen molar-refractivity contribution < 1.29 is 0 Å². The first-order valence-electron chi connectivity index (χ1n) is 9.06. The first kappa shape index (κ1) is 16.3. The number of nitrogens with two attached hydrogens (primary N) is 1. The molecule has 0 aromatic rings. The molecule has 2 atom stereocenters. The van der Waals surface area contributed by atoms with Gasteiger partial charge in [0.05, 0.1) is 0 Å². The molecule has 0 bridgehead atoms. The minimum absolute atomic E-state index is 0.612. The van der Waals surface area contributed by atoms with Crippen molar-refractivity contribution in [1.29, 1.82) is 0 Å². The fourth-order valence-electron chi connectivity index (χ4n) is 4.83. The Hall–Kier alpha value is -0.0800. The third-order valence-electron chi connectivity index (χ3n) is 5.78. The van der Waals surface area contributed by atoms with E-state index in [1.807, 2.05) is 0 Å². The highest BCUT2D eigenvalue weighted by Gasteiger charge is 2.34. The van der Waals surface area contributed by atoms with Crippen LogP contribution in [-0.4, -0.2) is 19.6 Å². The third-order valence-corrected chi connectivity index (χ3v) is 5.78. The van der Waals surface area contributed by atoms with E-state index >= 15 is 0 Å². The van der Waals surface area contributed by atoms with E-state index in [1.54, 1.807) is 0 Å². The van der Waals surface area contributed by atoms with Gasteiger partial charge >= 0.3 is 0 Å². The molecule has 0 radical (unpaired) electrons. The van der Waals surface area contributed by atoms with Gasteiger partial charge in [0, 0.05) is 6.54 Å². The third kappa shape index (κ3) is 4.46. The van der Waals surface area contributed by atoms with E-state index in [9.17, 15) is 0 Å². The maximum Gasteiger partial charge on any atom is 0.000802 e. The smallest absolute Gasteiger partial charge is 0.000802 e. The van der Waals surface area contributed by atoms with Crippen LogP contribution in [-0.2, 0) is 0 Å². The van der Waals surface area contributed by atoms with E-state index in [0.29, 0.717) is 5.41 Å².